The highest BCUT2D eigenvalue weighted by Crippen LogP contribution is 2.18. The number of ether oxygens (including phenoxy) is 2. The third-order valence-corrected chi connectivity index (χ3v) is 5.11. The molecule has 3 heterocycles. The molecule has 0 saturated heterocycles. The summed E-state index contributed by atoms with van der Waals surface area (Å²) in [5.74, 6) is -1.01. The molecule has 1 aliphatic rings. The van der Waals surface area contributed by atoms with E-state index in [4.69, 9.17) is 9.47 Å². The topological polar surface area (TPSA) is 124 Å². The maximum Gasteiger partial charge on any atom is 0.338 e. The van der Waals surface area contributed by atoms with Gasteiger partial charge in [0.05, 0.1) is 29.6 Å². The summed E-state index contributed by atoms with van der Waals surface area (Å²) in [6.45, 7) is 9.08. The highest BCUT2D eigenvalue weighted by atomic mass is 16.5. The summed E-state index contributed by atoms with van der Waals surface area (Å²) in [7, 11) is 0. The fraction of sp³-hybridized carbons (Fsp3) is 0.476. The van der Waals surface area contributed by atoms with Gasteiger partial charge in [-0.25, -0.2) is 19.1 Å². The summed E-state index contributed by atoms with van der Waals surface area (Å²) in [6.07, 6.45) is 0.561. The minimum atomic E-state index is -0.561. The van der Waals surface area contributed by atoms with Crippen LogP contribution in [0.25, 0.3) is 5.65 Å². The molecule has 0 spiro atoms. The number of hydrogen-bond donors (Lipinski definition) is 2. The first-order valence-electron chi connectivity index (χ1n) is 10.2. The van der Waals surface area contributed by atoms with E-state index in [0.717, 1.165) is 28.3 Å². The number of aryl methyl sites for hydroxylation is 3. The Morgan fingerprint density at radius 2 is 1.97 bits per heavy atom. The van der Waals surface area contributed by atoms with E-state index in [1.807, 2.05) is 26.8 Å². The monoisotopic (exact) mass is 429 g/mol. The molecule has 0 aromatic carbocycles. The molecular formula is C21H27N5O5. The van der Waals surface area contributed by atoms with Crippen molar-refractivity contribution in [2.24, 2.45) is 0 Å². The quantitative estimate of drug-likeness (QED) is 0.641. The molecule has 0 bridgehead atoms. The van der Waals surface area contributed by atoms with Crippen molar-refractivity contribution in [3.05, 3.63) is 40.0 Å². The van der Waals surface area contributed by atoms with Gasteiger partial charge in [-0.1, -0.05) is 0 Å². The summed E-state index contributed by atoms with van der Waals surface area (Å²) in [4.78, 5) is 41.0. The van der Waals surface area contributed by atoms with E-state index in [0.29, 0.717) is 6.42 Å². The molecule has 0 saturated carbocycles. The summed E-state index contributed by atoms with van der Waals surface area (Å²) < 4.78 is 12.2. The van der Waals surface area contributed by atoms with Gasteiger partial charge in [0.2, 0.25) is 0 Å². The Morgan fingerprint density at radius 3 is 2.68 bits per heavy atom. The molecule has 1 atom stereocenters. The average Bonchev–Trinajstić information content (AvgIpc) is 3.06. The van der Waals surface area contributed by atoms with Crippen LogP contribution in [0.2, 0.25) is 0 Å². The SMILES string of the molecule is CCOC(=O)C1=C(COC(=O)CCc2c(C)nc3cc(C)nn3c2C)NC(=O)N[C@H]1C. The molecule has 166 valence electrons. The number of hydrogen-bond acceptors (Lipinski definition) is 7. The van der Waals surface area contributed by atoms with Crippen LogP contribution in [0, 0.1) is 20.8 Å². The zero-order valence-electron chi connectivity index (χ0n) is 18.4. The summed E-state index contributed by atoms with van der Waals surface area (Å²) in [5, 5.41) is 9.57. The molecule has 2 N–H and O–H groups in total. The lowest BCUT2D eigenvalue weighted by Crippen LogP contribution is -2.50. The fourth-order valence-electron chi connectivity index (χ4n) is 3.65. The number of carbonyl (C=O) groups is 3. The van der Waals surface area contributed by atoms with Crippen LogP contribution in [0.15, 0.2) is 17.3 Å². The van der Waals surface area contributed by atoms with E-state index in [2.05, 4.69) is 20.7 Å². The smallest absolute Gasteiger partial charge is 0.338 e. The molecule has 0 unspecified atom stereocenters. The van der Waals surface area contributed by atoms with Gasteiger partial charge in [-0.15, -0.1) is 0 Å². The van der Waals surface area contributed by atoms with Crippen molar-refractivity contribution in [1.82, 2.24) is 25.2 Å². The lowest BCUT2D eigenvalue weighted by Gasteiger charge is -2.26. The zero-order valence-corrected chi connectivity index (χ0v) is 18.4. The molecule has 0 aliphatic carbocycles. The van der Waals surface area contributed by atoms with Crippen LogP contribution in [0.4, 0.5) is 4.79 Å². The number of urea groups is 1. The molecule has 2 amide bonds. The Balaban J connectivity index is 1.68. The van der Waals surface area contributed by atoms with Crippen molar-refractivity contribution in [3.63, 3.8) is 0 Å². The van der Waals surface area contributed by atoms with Gasteiger partial charge in [-0.05, 0) is 46.6 Å². The second kappa shape index (κ2) is 9.15. The zero-order chi connectivity index (χ0) is 22.7. The standard InChI is InChI=1S/C21H27N5O5/c1-6-30-20(28)19-13(4)23-21(29)24-16(19)10-31-18(27)8-7-15-12(3)22-17-9-11(2)25-26(17)14(15)5/h9,13H,6-8,10H2,1-5H3,(H2,23,24,29)/t13-/m0/s1. The second-order valence-corrected chi connectivity index (χ2v) is 7.41. The highest BCUT2D eigenvalue weighted by molar-refractivity contribution is 5.94. The first-order chi connectivity index (χ1) is 14.7. The Labute approximate surface area is 180 Å². The van der Waals surface area contributed by atoms with Gasteiger partial charge in [0, 0.05) is 23.9 Å². The maximum absolute atomic E-state index is 12.4. The molecule has 3 rings (SSSR count). The maximum atomic E-state index is 12.4. The van der Waals surface area contributed by atoms with Crippen molar-refractivity contribution in [2.45, 2.75) is 53.5 Å². The van der Waals surface area contributed by atoms with Crippen molar-refractivity contribution >= 4 is 23.6 Å². The minimum absolute atomic E-state index is 0.124. The van der Waals surface area contributed by atoms with Crippen molar-refractivity contribution < 1.29 is 23.9 Å². The van der Waals surface area contributed by atoms with Gasteiger partial charge in [-0.3, -0.25) is 4.79 Å². The third-order valence-electron chi connectivity index (χ3n) is 5.11. The number of rotatable bonds is 7. The molecule has 2 aromatic heterocycles. The molecular weight excluding hydrogens is 402 g/mol. The van der Waals surface area contributed by atoms with Crippen molar-refractivity contribution in [2.75, 3.05) is 13.2 Å². The Bertz CT molecular complexity index is 1070. The molecule has 10 nitrogen and oxygen atoms in total. The Kier molecular flexibility index (Phi) is 6.57. The van der Waals surface area contributed by atoms with Crippen LogP contribution in [-0.2, 0) is 25.5 Å². The van der Waals surface area contributed by atoms with Crippen molar-refractivity contribution in [1.29, 1.82) is 0 Å². The third kappa shape index (κ3) is 4.84. The number of nitrogens with one attached hydrogen (secondary N) is 2. The normalized spacial score (nSPS) is 16.2. The van der Waals surface area contributed by atoms with Crippen LogP contribution < -0.4 is 10.6 Å². The lowest BCUT2D eigenvalue weighted by molar-refractivity contribution is -0.143. The largest absolute Gasteiger partial charge is 0.463 e. The molecule has 31 heavy (non-hydrogen) atoms. The molecule has 1 aliphatic heterocycles. The predicted octanol–water partition coefficient (Wildman–Crippen LogP) is 1.65. The first kappa shape index (κ1) is 22.3. The Morgan fingerprint density at radius 1 is 1.23 bits per heavy atom. The van der Waals surface area contributed by atoms with Crippen LogP contribution in [-0.4, -0.2) is 51.8 Å². The fourth-order valence-corrected chi connectivity index (χ4v) is 3.65. The average molecular weight is 429 g/mol. The van der Waals surface area contributed by atoms with E-state index in [9.17, 15) is 14.4 Å². The molecule has 2 aromatic rings. The minimum Gasteiger partial charge on any atom is -0.463 e. The summed E-state index contributed by atoms with van der Waals surface area (Å²) in [6, 6.07) is 0.884. The lowest BCUT2D eigenvalue weighted by atomic mass is 10.0. The number of fused-ring (bicyclic) bond motifs is 1. The Hall–Kier alpha value is -3.43. The van der Waals surface area contributed by atoms with E-state index < -0.39 is 24.0 Å². The van der Waals surface area contributed by atoms with E-state index in [-0.39, 0.29) is 30.9 Å². The number of amides is 2. The van der Waals surface area contributed by atoms with Crippen LogP contribution in [0.3, 0.4) is 0 Å². The summed E-state index contributed by atoms with van der Waals surface area (Å²) >= 11 is 0. The summed E-state index contributed by atoms with van der Waals surface area (Å²) in [5.41, 5.74) is 4.81. The van der Waals surface area contributed by atoms with Crippen LogP contribution in [0.1, 0.15) is 42.9 Å². The highest BCUT2D eigenvalue weighted by Gasteiger charge is 2.30. The first-order valence-corrected chi connectivity index (χ1v) is 10.2. The van der Waals surface area contributed by atoms with Crippen molar-refractivity contribution in [3.8, 4) is 0 Å². The molecule has 0 fully saturated rings. The van der Waals surface area contributed by atoms with Gasteiger partial charge in [-0.2, -0.15) is 5.10 Å². The predicted molar refractivity (Wildman–Crippen MR) is 111 cm³/mol. The van der Waals surface area contributed by atoms with Gasteiger partial charge in [0.15, 0.2) is 5.65 Å². The van der Waals surface area contributed by atoms with E-state index in [1.54, 1.807) is 18.4 Å². The van der Waals surface area contributed by atoms with Crippen LogP contribution >= 0.6 is 0 Å². The van der Waals surface area contributed by atoms with Gasteiger partial charge >= 0.3 is 18.0 Å². The number of esters is 2. The second-order valence-electron chi connectivity index (χ2n) is 7.41. The van der Waals surface area contributed by atoms with Crippen LogP contribution in [0.5, 0.6) is 0 Å². The number of aromatic nitrogens is 3. The molecule has 10 heteroatoms. The number of carbonyl (C=O) groups excluding carboxylic acids is 3. The van der Waals surface area contributed by atoms with E-state index in [1.165, 1.54) is 0 Å². The van der Waals surface area contributed by atoms with Gasteiger partial charge < -0.3 is 20.1 Å². The van der Waals surface area contributed by atoms with E-state index >= 15 is 0 Å². The number of nitrogens with zero attached hydrogens (tertiary/aromatic N) is 3. The molecule has 0 radical (unpaired) electrons. The van der Waals surface area contributed by atoms with Gasteiger partial charge in [0.25, 0.3) is 0 Å². The van der Waals surface area contributed by atoms with Gasteiger partial charge in [0.1, 0.15) is 6.61 Å².